The van der Waals surface area contributed by atoms with Crippen molar-refractivity contribution >= 4 is 45.0 Å². The summed E-state index contributed by atoms with van der Waals surface area (Å²) in [6.45, 7) is 0. The SMILES string of the molecule is Cn1cc(CC(=O)N[C@H]2CC[C@@H](Nc3cc(C(F)(F)F)nc4ccc(Cl)cc34)CC2)c2ccccc21. The predicted octanol–water partition coefficient (Wildman–Crippen LogP) is 6.48. The number of para-hydroxylation sites is 1. The summed E-state index contributed by atoms with van der Waals surface area (Å²) in [7, 11) is 1.97. The minimum absolute atomic E-state index is 0.0121. The van der Waals surface area contributed by atoms with E-state index in [1.54, 1.807) is 6.07 Å². The fourth-order valence-corrected chi connectivity index (χ4v) is 5.25. The number of pyridine rings is 1. The summed E-state index contributed by atoms with van der Waals surface area (Å²) in [6.07, 6.45) is 0.699. The van der Waals surface area contributed by atoms with Crippen molar-refractivity contribution in [2.45, 2.75) is 50.4 Å². The molecule has 1 aliphatic rings. The summed E-state index contributed by atoms with van der Waals surface area (Å²) >= 11 is 6.10. The Hall–Kier alpha value is -3.26. The molecule has 0 aliphatic heterocycles. The van der Waals surface area contributed by atoms with Gasteiger partial charge in [-0.05, 0) is 61.6 Å². The molecular formula is C27H26ClF3N4O. The van der Waals surface area contributed by atoms with Gasteiger partial charge in [0.2, 0.25) is 5.91 Å². The van der Waals surface area contributed by atoms with Crippen LogP contribution < -0.4 is 10.6 Å². The van der Waals surface area contributed by atoms with E-state index >= 15 is 0 Å². The number of anilines is 1. The Balaban J connectivity index is 1.23. The van der Waals surface area contributed by atoms with Gasteiger partial charge in [0.1, 0.15) is 5.69 Å². The monoisotopic (exact) mass is 514 g/mol. The summed E-state index contributed by atoms with van der Waals surface area (Å²) in [5, 5.41) is 8.49. The number of nitrogens with zero attached hydrogens (tertiary/aromatic N) is 2. The third kappa shape index (κ3) is 5.14. The Morgan fingerprint density at radius 3 is 2.53 bits per heavy atom. The first kappa shape index (κ1) is 24.4. The molecule has 5 rings (SSSR count). The van der Waals surface area contributed by atoms with Gasteiger partial charge in [-0.1, -0.05) is 29.8 Å². The lowest BCUT2D eigenvalue weighted by Gasteiger charge is -2.30. The Bertz CT molecular complexity index is 1420. The van der Waals surface area contributed by atoms with Crippen molar-refractivity contribution in [1.29, 1.82) is 0 Å². The van der Waals surface area contributed by atoms with Crippen LogP contribution >= 0.6 is 11.6 Å². The Morgan fingerprint density at radius 1 is 1.06 bits per heavy atom. The molecule has 9 heteroatoms. The standard InChI is InChI=1S/C27H26ClF3N4O/c1-35-15-16(20-4-2-3-5-24(20)35)12-26(36)33-19-9-7-18(8-10-19)32-23-14-25(27(29,30)31)34-22-11-6-17(28)13-21(22)23/h2-6,11,13-15,18-19H,7-10,12H2,1H3,(H,32,34)(H,33,36)/t18-,19+. The maximum absolute atomic E-state index is 13.4. The van der Waals surface area contributed by atoms with E-state index in [-0.39, 0.29) is 23.5 Å². The molecule has 0 atom stereocenters. The van der Waals surface area contributed by atoms with Crippen molar-refractivity contribution in [2.75, 3.05) is 5.32 Å². The molecule has 1 saturated carbocycles. The lowest BCUT2D eigenvalue weighted by Crippen LogP contribution is -2.40. The second-order valence-electron chi connectivity index (χ2n) is 9.43. The average Bonchev–Trinajstić information content (AvgIpc) is 3.15. The number of hydrogen-bond donors (Lipinski definition) is 2. The van der Waals surface area contributed by atoms with E-state index in [4.69, 9.17) is 11.6 Å². The summed E-state index contributed by atoms with van der Waals surface area (Å²) in [5.74, 6) is -0.0210. The highest BCUT2D eigenvalue weighted by Crippen LogP contribution is 2.35. The molecule has 2 N–H and O–H groups in total. The lowest BCUT2D eigenvalue weighted by molar-refractivity contribution is -0.140. The number of aryl methyl sites for hydroxylation is 1. The second-order valence-corrected chi connectivity index (χ2v) is 9.87. The number of aromatic nitrogens is 2. The normalized spacial score (nSPS) is 18.5. The van der Waals surface area contributed by atoms with Crippen molar-refractivity contribution in [3.63, 3.8) is 0 Å². The molecule has 36 heavy (non-hydrogen) atoms. The maximum Gasteiger partial charge on any atom is 0.433 e. The van der Waals surface area contributed by atoms with Crippen LogP contribution in [0.4, 0.5) is 18.9 Å². The number of rotatable bonds is 5. The Morgan fingerprint density at radius 2 is 1.78 bits per heavy atom. The molecule has 0 spiro atoms. The van der Waals surface area contributed by atoms with Gasteiger partial charge in [0.25, 0.3) is 0 Å². The first-order chi connectivity index (χ1) is 17.2. The van der Waals surface area contributed by atoms with Crippen molar-refractivity contribution in [2.24, 2.45) is 7.05 Å². The Labute approximate surface area is 211 Å². The van der Waals surface area contributed by atoms with Gasteiger partial charge in [-0.2, -0.15) is 13.2 Å². The zero-order valence-electron chi connectivity index (χ0n) is 19.7. The number of carbonyl (C=O) groups is 1. The summed E-state index contributed by atoms with van der Waals surface area (Å²) < 4.78 is 42.3. The molecular weight excluding hydrogens is 489 g/mol. The van der Waals surface area contributed by atoms with Gasteiger partial charge >= 0.3 is 6.18 Å². The van der Waals surface area contributed by atoms with Crippen molar-refractivity contribution < 1.29 is 18.0 Å². The molecule has 1 aliphatic carbocycles. The number of amides is 1. The molecule has 2 heterocycles. The molecule has 0 radical (unpaired) electrons. The van der Waals surface area contributed by atoms with Gasteiger partial charge in [-0.25, -0.2) is 4.98 Å². The number of hydrogen-bond acceptors (Lipinski definition) is 3. The number of benzene rings is 2. The minimum Gasteiger partial charge on any atom is -0.382 e. The molecule has 5 nitrogen and oxygen atoms in total. The number of halogens is 4. The van der Waals surface area contributed by atoms with Crippen molar-refractivity contribution in [1.82, 2.24) is 14.9 Å². The van der Waals surface area contributed by atoms with E-state index in [2.05, 4.69) is 15.6 Å². The molecule has 0 unspecified atom stereocenters. The smallest absolute Gasteiger partial charge is 0.382 e. The van der Waals surface area contributed by atoms with Crippen LogP contribution in [0.25, 0.3) is 21.8 Å². The van der Waals surface area contributed by atoms with Gasteiger partial charge < -0.3 is 15.2 Å². The predicted molar refractivity (Wildman–Crippen MR) is 136 cm³/mol. The molecule has 1 fully saturated rings. The minimum atomic E-state index is -4.55. The second kappa shape index (κ2) is 9.65. The number of alkyl halides is 3. The van der Waals surface area contributed by atoms with Crippen LogP contribution in [0.3, 0.4) is 0 Å². The molecule has 188 valence electrons. The third-order valence-corrected chi connectivity index (χ3v) is 7.08. The van der Waals surface area contributed by atoms with Crippen LogP contribution in [0.1, 0.15) is 36.9 Å². The summed E-state index contributed by atoms with van der Waals surface area (Å²) in [4.78, 5) is 16.5. The van der Waals surface area contributed by atoms with Crippen LogP contribution in [0, 0.1) is 0 Å². The summed E-state index contributed by atoms with van der Waals surface area (Å²) in [6, 6.07) is 13.7. The van der Waals surface area contributed by atoms with Crippen molar-refractivity contribution in [3.05, 3.63) is 71.0 Å². The summed E-state index contributed by atoms with van der Waals surface area (Å²) in [5.41, 5.74) is 1.76. The van der Waals surface area contributed by atoms with E-state index in [9.17, 15) is 18.0 Å². The first-order valence-electron chi connectivity index (χ1n) is 11.9. The topological polar surface area (TPSA) is 59.0 Å². The van der Waals surface area contributed by atoms with Gasteiger partial charge in [0, 0.05) is 52.3 Å². The van der Waals surface area contributed by atoms with Gasteiger partial charge in [0.15, 0.2) is 0 Å². The van der Waals surface area contributed by atoms with E-state index in [0.717, 1.165) is 48.2 Å². The zero-order chi connectivity index (χ0) is 25.4. The highest BCUT2D eigenvalue weighted by atomic mass is 35.5. The maximum atomic E-state index is 13.4. The number of carbonyl (C=O) groups excluding carboxylic acids is 1. The molecule has 1 amide bonds. The lowest BCUT2D eigenvalue weighted by atomic mass is 9.90. The fraction of sp³-hybridized carbons (Fsp3) is 0.333. The van der Waals surface area contributed by atoms with Crippen LogP contribution in [-0.4, -0.2) is 27.5 Å². The van der Waals surface area contributed by atoms with Crippen LogP contribution in [0.15, 0.2) is 54.7 Å². The quantitative estimate of drug-likeness (QED) is 0.320. The fourth-order valence-electron chi connectivity index (χ4n) is 5.08. The zero-order valence-corrected chi connectivity index (χ0v) is 20.5. The van der Waals surface area contributed by atoms with Gasteiger partial charge in [-0.3, -0.25) is 4.79 Å². The molecule has 0 saturated heterocycles. The highest BCUT2D eigenvalue weighted by molar-refractivity contribution is 6.31. The van der Waals surface area contributed by atoms with Crippen molar-refractivity contribution in [3.8, 4) is 0 Å². The van der Waals surface area contributed by atoms with E-state index < -0.39 is 11.9 Å². The molecule has 0 bridgehead atoms. The largest absolute Gasteiger partial charge is 0.433 e. The van der Waals surface area contributed by atoms with Gasteiger partial charge in [0.05, 0.1) is 11.9 Å². The number of fused-ring (bicyclic) bond motifs is 2. The van der Waals surface area contributed by atoms with Crippen LogP contribution in [-0.2, 0) is 24.4 Å². The highest BCUT2D eigenvalue weighted by Gasteiger charge is 2.34. The van der Waals surface area contributed by atoms with Crippen LogP contribution in [0.2, 0.25) is 5.02 Å². The molecule has 2 aromatic heterocycles. The average molecular weight is 515 g/mol. The van der Waals surface area contributed by atoms with E-state index in [1.165, 1.54) is 12.1 Å². The van der Waals surface area contributed by atoms with Gasteiger partial charge in [-0.15, -0.1) is 0 Å². The third-order valence-electron chi connectivity index (χ3n) is 6.84. The van der Waals surface area contributed by atoms with Crippen LogP contribution in [0.5, 0.6) is 0 Å². The van der Waals surface area contributed by atoms with E-state index in [1.807, 2.05) is 42.1 Å². The number of nitrogens with one attached hydrogen (secondary N) is 2. The Kier molecular flexibility index (Phi) is 6.55. The molecule has 4 aromatic rings. The molecule has 2 aromatic carbocycles. The first-order valence-corrected chi connectivity index (χ1v) is 12.3. The van der Waals surface area contributed by atoms with E-state index in [0.29, 0.717) is 22.5 Å².